The molecule has 0 aliphatic carbocycles. The second-order valence-electron chi connectivity index (χ2n) is 6.18. The molecule has 144 valence electrons. The molecule has 1 aliphatic rings. The van der Waals surface area contributed by atoms with Crippen LogP contribution in [-0.4, -0.2) is 81.7 Å². The Labute approximate surface area is 159 Å². The van der Waals surface area contributed by atoms with Crippen molar-refractivity contribution in [3.8, 4) is 0 Å². The Morgan fingerprint density at radius 2 is 2.23 bits per heavy atom. The zero-order chi connectivity index (χ0) is 18.8. The van der Waals surface area contributed by atoms with Crippen LogP contribution in [0.15, 0.2) is 35.2 Å². The van der Waals surface area contributed by atoms with Gasteiger partial charge in [-0.25, -0.2) is 4.99 Å². The number of aliphatic imine (C=N–C) groups is 1. The van der Waals surface area contributed by atoms with E-state index in [9.17, 15) is 4.79 Å². The van der Waals surface area contributed by atoms with Crippen LogP contribution < -0.4 is 10.6 Å². The molecule has 26 heavy (non-hydrogen) atoms. The number of hydrogen-bond donors (Lipinski definition) is 2. The van der Waals surface area contributed by atoms with E-state index in [1.165, 1.54) is 9.78 Å². The van der Waals surface area contributed by atoms with E-state index in [2.05, 4.69) is 44.6 Å². The van der Waals surface area contributed by atoms with Crippen LogP contribution >= 0.6 is 11.3 Å². The lowest BCUT2D eigenvalue weighted by Crippen LogP contribution is -2.46. The zero-order valence-corrected chi connectivity index (χ0v) is 16.4. The van der Waals surface area contributed by atoms with Gasteiger partial charge in [-0.15, -0.1) is 17.9 Å². The monoisotopic (exact) mass is 379 g/mol. The maximum absolute atomic E-state index is 11.8. The van der Waals surface area contributed by atoms with E-state index in [1.54, 1.807) is 31.5 Å². The summed E-state index contributed by atoms with van der Waals surface area (Å²) >= 11 is 1.76. The highest BCUT2D eigenvalue weighted by Gasteiger charge is 2.23. The Morgan fingerprint density at radius 1 is 1.46 bits per heavy atom. The summed E-state index contributed by atoms with van der Waals surface area (Å²) in [7, 11) is 3.46. The maximum atomic E-state index is 11.8. The van der Waals surface area contributed by atoms with Gasteiger partial charge in [0.05, 0.1) is 19.3 Å². The second-order valence-corrected chi connectivity index (χ2v) is 7.16. The summed E-state index contributed by atoms with van der Waals surface area (Å²) in [6.07, 6.45) is 1.77. The first-order valence-corrected chi connectivity index (χ1v) is 9.68. The normalized spacial score (nSPS) is 16.8. The first kappa shape index (κ1) is 20.4. The summed E-state index contributed by atoms with van der Waals surface area (Å²) < 4.78 is 5.49. The van der Waals surface area contributed by atoms with Crippen LogP contribution in [0, 0.1) is 0 Å². The number of amides is 1. The molecule has 7 nitrogen and oxygen atoms in total. The predicted molar refractivity (Wildman–Crippen MR) is 107 cm³/mol. The summed E-state index contributed by atoms with van der Waals surface area (Å²) in [6.45, 7) is 8.47. The molecule has 1 unspecified atom stereocenters. The molecule has 1 aliphatic heterocycles. The third kappa shape index (κ3) is 6.44. The van der Waals surface area contributed by atoms with Crippen molar-refractivity contribution in [2.75, 3.05) is 60.0 Å². The Bertz CT molecular complexity index is 582. The number of thiophene rings is 1. The van der Waals surface area contributed by atoms with Gasteiger partial charge in [-0.2, -0.15) is 0 Å². The highest BCUT2D eigenvalue weighted by Crippen LogP contribution is 2.25. The molecular formula is C18H29N5O2S. The van der Waals surface area contributed by atoms with E-state index in [4.69, 9.17) is 4.74 Å². The molecule has 0 radical (unpaired) electrons. The molecule has 8 heteroatoms. The number of morpholine rings is 1. The minimum atomic E-state index is -0.0345. The fraction of sp³-hybridized carbons (Fsp3) is 0.556. The van der Waals surface area contributed by atoms with Crippen LogP contribution in [0.25, 0.3) is 0 Å². The van der Waals surface area contributed by atoms with Crippen molar-refractivity contribution in [2.45, 2.75) is 6.04 Å². The van der Waals surface area contributed by atoms with Gasteiger partial charge in [0.2, 0.25) is 5.91 Å². The van der Waals surface area contributed by atoms with Crippen molar-refractivity contribution in [3.05, 3.63) is 35.0 Å². The standard InChI is InChI=1S/C18H29N5O2S/c1-4-7-19-18(21-14-17(24)22(2)3)20-13-15(16-6-5-12-26-16)23-8-10-25-11-9-23/h4-6,12,15H,1,7-11,13-14H2,2-3H3,(H2,19,20,21). The molecule has 1 aromatic rings. The number of carbonyl (C=O) groups is 1. The topological polar surface area (TPSA) is 69.2 Å². The molecule has 0 saturated carbocycles. The van der Waals surface area contributed by atoms with Gasteiger partial charge in [-0.3, -0.25) is 9.69 Å². The van der Waals surface area contributed by atoms with Crippen molar-refractivity contribution in [3.63, 3.8) is 0 Å². The minimum absolute atomic E-state index is 0.0345. The molecule has 1 saturated heterocycles. The van der Waals surface area contributed by atoms with Crippen LogP contribution in [-0.2, 0) is 9.53 Å². The number of nitrogens with zero attached hydrogens (tertiary/aromatic N) is 3. The molecule has 0 aromatic carbocycles. The van der Waals surface area contributed by atoms with Gasteiger partial charge in [-0.1, -0.05) is 12.1 Å². The van der Waals surface area contributed by atoms with Gasteiger partial charge in [-0.05, 0) is 11.4 Å². The average Bonchev–Trinajstić information content (AvgIpc) is 3.18. The third-order valence-electron chi connectivity index (χ3n) is 4.11. The molecule has 1 amide bonds. The fourth-order valence-electron chi connectivity index (χ4n) is 2.60. The van der Waals surface area contributed by atoms with Crippen LogP contribution in [0.1, 0.15) is 10.9 Å². The lowest BCUT2D eigenvalue weighted by Gasteiger charge is -2.34. The molecular weight excluding hydrogens is 350 g/mol. The van der Waals surface area contributed by atoms with Gasteiger partial charge in [0, 0.05) is 45.2 Å². The Hall–Kier alpha value is -1.90. The average molecular weight is 380 g/mol. The van der Waals surface area contributed by atoms with Crippen molar-refractivity contribution < 1.29 is 9.53 Å². The van der Waals surface area contributed by atoms with Crippen LogP contribution in [0.3, 0.4) is 0 Å². The number of likely N-dealkylation sites (N-methyl/N-ethyl adjacent to an activating group) is 1. The Balaban J connectivity index is 2.02. The number of ether oxygens (including phenoxy) is 1. The minimum Gasteiger partial charge on any atom is -0.379 e. The Kier molecular flexibility index (Phi) is 8.60. The summed E-state index contributed by atoms with van der Waals surface area (Å²) in [5.41, 5.74) is 0. The summed E-state index contributed by atoms with van der Waals surface area (Å²) in [5, 5.41) is 8.66. The van der Waals surface area contributed by atoms with Crippen molar-refractivity contribution in [2.24, 2.45) is 4.99 Å². The van der Waals surface area contributed by atoms with E-state index in [0.29, 0.717) is 19.0 Å². The Morgan fingerprint density at radius 3 is 2.85 bits per heavy atom. The molecule has 2 rings (SSSR count). The maximum Gasteiger partial charge on any atom is 0.243 e. The van der Waals surface area contributed by atoms with Gasteiger partial charge < -0.3 is 20.3 Å². The van der Waals surface area contributed by atoms with E-state index in [1.807, 2.05) is 0 Å². The van der Waals surface area contributed by atoms with E-state index in [0.717, 1.165) is 26.3 Å². The summed E-state index contributed by atoms with van der Waals surface area (Å²) in [5.74, 6) is 0.586. The van der Waals surface area contributed by atoms with Crippen LogP contribution in [0.2, 0.25) is 0 Å². The molecule has 0 spiro atoms. The second kappa shape index (κ2) is 10.9. The predicted octanol–water partition coefficient (Wildman–Crippen LogP) is 0.931. The van der Waals surface area contributed by atoms with Crippen molar-refractivity contribution >= 4 is 23.2 Å². The highest BCUT2D eigenvalue weighted by atomic mass is 32.1. The SMILES string of the molecule is C=CCNC(=NCC(=O)N(C)C)NCC(c1cccs1)N1CCOCC1. The van der Waals surface area contributed by atoms with Crippen LogP contribution in [0.5, 0.6) is 0 Å². The number of nitrogens with one attached hydrogen (secondary N) is 2. The first-order chi connectivity index (χ1) is 12.6. The van der Waals surface area contributed by atoms with Gasteiger partial charge in [0.25, 0.3) is 0 Å². The van der Waals surface area contributed by atoms with Crippen molar-refractivity contribution in [1.29, 1.82) is 0 Å². The fourth-order valence-corrected chi connectivity index (χ4v) is 3.47. The van der Waals surface area contributed by atoms with Gasteiger partial charge in [0.15, 0.2) is 5.96 Å². The number of guanidine groups is 1. The third-order valence-corrected chi connectivity index (χ3v) is 5.08. The highest BCUT2D eigenvalue weighted by molar-refractivity contribution is 7.10. The summed E-state index contributed by atoms with van der Waals surface area (Å²) in [6, 6.07) is 4.49. The lowest BCUT2D eigenvalue weighted by molar-refractivity contribution is -0.127. The number of carbonyl (C=O) groups excluding carboxylic acids is 1. The molecule has 2 N–H and O–H groups in total. The molecule has 0 bridgehead atoms. The smallest absolute Gasteiger partial charge is 0.243 e. The first-order valence-electron chi connectivity index (χ1n) is 8.80. The molecule has 2 heterocycles. The largest absolute Gasteiger partial charge is 0.379 e. The lowest BCUT2D eigenvalue weighted by atomic mass is 10.2. The van der Waals surface area contributed by atoms with Crippen LogP contribution in [0.4, 0.5) is 0 Å². The van der Waals surface area contributed by atoms with Gasteiger partial charge >= 0.3 is 0 Å². The number of hydrogen-bond acceptors (Lipinski definition) is 5. The summed E-state index contributed by atoms with van der Waals surface area (Å²) in [4.78, 5) is 21.5. The zero-order valence-electron chi connectivity index (χ0n) is 15.6. The molecule has 1 fully saturated rings. The molecule has 1 atom stereocenters. The van der Waals surface area contributed by atoms with E-state index < -0.39 is 0 Å². The quantitative estimate of drug-likeness (QED) is 0.400. The molecule has 1 aromatic heterocycles. The number of rotatable bonds is 8. The van der Waals surface area contributed by atoms with E-state index >= 15 is 0 Å². The van der Waals surface area contributed by atoms with E-state index in [-0.39, 0.29) is 18.5 Å². The van der Waals surface area contributed by atoms with Gasteiger partial charge in [0.1, 0.15) is 6.54 Å². The van der Waals surface area contributed by atoms with Crippen molar-refractivity contribution in [1.82, 2.24) is 20.4 Å².